The number of allylic oxidation sites excluding steroid dienone is 1. The minimum atomic E-state index is -0.620. The highest BCUT2D eigenvalue weighted by Crippen LogP contribution is 2.13. The maximum Gasteiger partial charge on any atom is 0.296 e. The molecule has 1 saturated heterocycles. The summed E-state index contributed by atoms with van der Waals surface area (Å²) in [6.45, 7) is 9.12. The molecule has 1 N–H and O–H groups in total. The van der Waals surface area contributed by atoms with Gasteiger partial charge in [0.05, 0.1) is 17.8 Å². The van der Waals surface area contributed by atoms with E-state index in [2.05, 4.69) is 32.0 Å². The number of hydrogen-bond donors (Lipinski definition) is 1. The van der Waals surface area contributed by atoms with Crippen LogP contribution in [0.1, 0.15) is 34.1 Å². The molecule has 0 aliphatic carbocycles. The minimum absolute atomic E-state index is 0.0414. The predicted molar refractivity (Wildman–Crippen MR) is 135 cm³/mol. The van der Waals surface area contributed by atoms with E-state index in [1.54, 1.807) is 49.6 Å². The van der Waals surface area contributed by atoms with Gasteiger partial charge in [0.15, 0.2) is 5.78 Å². The van der Waals surface area contributed by atoms with Gasteiger partial charge in [0, 0.05) is 49.9 Å². The standard InChI is InChI=1S/C27H31N5O4/c1-3-31-13-15-32(16-14-31)12-4-11-28-26(34)20-7-10-22-23(17-20)30-27(35)24(29-22)18-25(33)19-5-8-21(36-2)9-6-19/h5-10,17-18H,3-4,11-16H2,1-2H3,(H,28,34)/b24-18-. The topological polar surface area (TPSA) is 104 Å². The lowest BCUT2D eigenvalue weighted by molar-refractivity contribution is -0.114. The molecule has 0 unspecified atom stereocenters. The van der Waals surface area contributed by atoms with Crippen LogP contribution in [0, 0.1) is 0 Å². The van der Waals surface area contributed by atoms with Crippen LogP contribution < -0.4 is 20.8 Å². The van der Waals surface area contributed by atoms with Gasteiger partial charge in [-0.3, -0.25) is 14.4 Å². The summed E-state index contributed by atoms with van der Waals surface area (Å²) in [5.74, 6) is -0.559. The van der Waals surface area contributed by atoms with Gasteiger partial charge in [0.1, 0.15) is 11.4 Å². The summed E-state index contributed by atoms with van der Waals surface area (Å²) < 4.78 is 5.09. The highest BCUT2D eigenvalue weighted by molar-refractivity contribution is 6.09. The molecule has 2 aliphatic heterocycles. The number of amides is 2. The molecular weight excluding hydrogens is 458 g/mol. The van der Waals surface area contributed by atoms with Crippen molar-refractivity contribution >= 4 is 17.6 Å². The molecule has 0 spiro atoms. The van der Waals surface area contributed by atoms with Gasteiger partial charge in [0.2, 0.25) is 0 Å². The van der Waals surface area contributed by atoms with Crippen LogP contribution in [-0.4, -0.2) is 80.3 Å². The largest absolute Gasteiger partial charge is 0.497 e. The van der Waals surface area contributed by atoms with Crippen LogP contribution in [0.15, 0.2) is 64.2 Å². The average Bonchev–Trinajstić information content (AvgIpc) is 2.91. The Balaban J connectivity index is 1.35. The summed E-state index contributed by atoms with van der Waals surface area (Å²) >= 11 is 0. The van der Waals surface area contributed by atoms with Crippen LogP contribution in [0.25, 0.3) is 0 Å². The number of carbonyl (C=O) groups is 3. The maximum atomic E-state index is 12.6. The number of nitrogens with zero attached hydrogens (tertiary/aromatic N) is 4. The first-order valence-corrected chi connectivity index (χ1v) is 12.2. The molecule has 0 radical (unpaired) electrons. The zero-order valence-electron chi connectivity index (χ0n) is 20.7. The summed E-state index contributed by atoms with van der Waals surface area (Å²) in [6, 6.07) is 11.4. The van der Waals surface area contributed by atoms with Crippen molar-refractivity contribution in [3.8, 4) is 5.75 Å². The third-order valence-corrected chi connectivity index (χ3v) is 6.41. The first kappa shape index (κ1) is 25.4. The highest BCUT2D eigenvalue weighted by Gasteiger charge is 2.17. The van der Waals surface area contributed by atoms with Crippen molar-refractivity contribution in [1.82, 2.24) is 15.1 Å². The second-order valence-electron chi connectivity index (χ2n) is 8.74. The molecule has 0 saturated carbocycles. The lowest BCUT2D eigenvalue weighted by atomic mass is 10.1. The number of rotatable bonds is 9. The molecule has 2 amide bonds. The normalized spacial score (nSPS) is 17.2. The summed E-state index contributed by atoms with van der Waals surface area (Å²) in [4.78, 5) is 50.9. The van der Waals surface area contributed by atoms with Gasteiger partial charge >= 0.3 is 0 Å². The van der Waals surface area contributed by atoms with E-state index in [1.165, 1.54) is 6.08 Å². The zero-order chi connectivity index (χ0) is 25.5. The number of benzene rings is 2. The van der Waals surface area contributed by atoms with E-state index in [0.717, 1.165) is 45.7 Å². The number of hydrogen-bond acceptors (Lipinski definition) is 7. The van der Waals surface area contributed by atoms with E-state index >= 15 is 0 Å². The van der Waals surface area contributed by atoms with Crippen molar-refractivity contribution < 1.29 is 19.1 Å². The molecule has 9 nitrogen and oxygen atoms in total. The fraction of sp³-hybridized carbons (Fsp3) is 0.370. The van der Waals surface area contributed by atoms with Crippen molar-refractivity contribution in [2.75, 3.05) is 52.9 Å². The molecule has 2 aromatic carbocycles. The Labute approximate surface area is 210 Å². The molecule has 1 fully saturated rings. The summed E-state index contributed by atoms with van der Waals surface area (Å²) in [6.07, 6.45) is 2.05. The number of methoxy groups -OCH3 is 1. The van der Waals surface area contributed by atoms with Crippen LogP contribution in [0.3, 0.4) is 0 Å². The molecule has 0 aromatic heterocycles. The fourth-order valence-corrected chi connectivity index (χ4v) is 4.19. The molecule has 4 rings (SSSR count). The third kappa shape index (κ3) is 6.30. The highest BCUT2D eigenvalue weighted by atomic mass is 16.5. The molecule has 0 bridgehead atoms. The average molecular weight is 490 g/mol. The van der Waals surface area contributed by atoms with Crippen LogP contribution in [0.5, 0.6) is 5.75 Å². The Morgan fingerprint density at radius 2 is 1.67 bits per heavy atom. The van der Waals surface area contributed by atoms with Crippen molar-refractivity contribution in [2.24, 2.45) is 9.98 Å². The fourth-order valence-electron chi connectivity index (χ4n) is 4.19. The number of piperazine rings is 1. The number of ether oxygens (including phenoxy) is 1. The summed E-state index contributed by atoms with van der Waals surface area (Å²) in [5.41, 5.74) is 0.784. The van der Waals surface area contributed by atoms with Crippen molar-refractivity contribution in [3.05, 3.63) is 76.1 Å². The quantitative estimate of drug-likeness (QED) is 0.320. The molecule has 0 atom stereocenters. The van der Waals surface area contributed by atoms with Gasteiger partial charge in [-0.05, 0) is 62.0 Å². The van der Waals surface area contributed by atoms with E-state index in [4.69, 9.17) is 4.74 Å². The van der Waals surface area contributed by atoms with Gasteiger partial charge in [-0.15, -0.1) is 0 Å². The molecule has 36 heavy (non-hydrogen) atoms. The Morgan fingerprint density at radius 3 is 2.36 bits per heavy atom. The Hall–Kier alpha value is -3.69. The Kier molecular flexibility index (Phi) is 8.35. The Morgan fingerprint density at radius 1 is 0.972 bits per heavy atom. The summed E-state index contributed by atoms with van der Waals surface area (Å²) in [7, 11) is 1.54. The number of fused-ring (bicyclic) bond motifs is 1. The van der Waals surface area contributed by atoms with Gasteiger partial charge in [-0.2, -0.15) is 0 Å². The molecule has 2 aromatic rings. The maximum absolute atomic E-state index is 12.6. The van der Waals surface area contributed by atoms with Crippen LogP contribution in [0.4, 0.5) is 0 Å². The van der Waals surface area contributed by atoms with Crippen LogP contribution in [-0.2, 0) is 4.79 Å². The third-order valence-electron chi connectivity index (χ3n) is 6.41. The van der Waals surface area contributed by atoms with Crippen molar-refractivity contribution in [3.63, 3.8) is 0 Å². The zero-order valence-corrected chi connectivity index (χ0v) is 20.7. The van der Waals surface area contributed by atoms with Gasteiger partial charge in [-0.25, -0.2) is 9.98 Å². The molecule has 2 aliphatic rings. The minimum Gasteiger partial charge on any atom is -0.497 e. The monoisotopic (exact) mass is 489 g/mol. The number of ketones is 1. The lowest BCUT2D eigenvalue weighted by Gasteiger charge is -2.33. The summed E-state index contributed by atoms with van der Waals surface area (Å²) in [5, 5.41) is 3.69. The van der Waals surface area contributed by atoms with Gasteiger partial charge < -0.3 is 19.9 Å². The predicted octanol–water partition coefficient (Wildman–Crippen LogP) is 0.999. The second-order valence-corrected chi connectivity index (χ2v) is 8.74. The number of nitrogens with one attached hydrogen (secondary N) is 1. The van der Waals surface area contributed by atoms with Crippen molar-refractivity contribution in [1.29, 1.82) is 0 Å². The van der Waals surface area contributed by atoms with E-state index < -0.39 is 5.91 Å². The van der Waals surface area contributed by atoms with E-state index in [1.807, 2.05) is 0 Å². The Bertz CT molecular complexity index is 1280. The van der Waals surface area contributed by atoms with Gasteiger partial charge in [-0.1, -0.05) is 6.92 Å². The van der Waals surface area contributed by atoms with Crippen molar-refractivity contribution in [2.45, 2.75) is 13.3 Å². The number of likely N-dealkylation sites (N-methyl/N-ethyl adjacent to an activating group) is 1. The van der Waals surface area contributed by atoms with E-state index in [9.17, 15) is 14.4 Å². The smallest absolute Gasteiger partial charge is 0.296 e. The number of carbonyl (C=O) groups excluding carboxylic acids is 3. The van der Waals surface area contributed by atoms with Crippen LogP contribution >= 0.6 is 0 Å². The second kappa shape index (κ2) is 11.8. The first-order valence-electron chi connectivity index (χ1n) is 12.2. The lowest BCUT2D eigenvalue weighted by Crippen LogP contribution is -2.46. The van der Waals surface area contributed by atoms with Crippen LogP contribution in [0.2, 0.25) is 0 Å². The van der Waals surface area contributed by atoms with Gasteiger partial charge in [0.25, 0.3) is 11.8 Å². The van der Waals surface area contributed by atoms with E-state index in [-0.39, 0.29) is 17.4 Å². The SMILES string of the molecule is CCN1CCN(CCCNC(=O)c2ccc3c(c2)=NC(=O)/C(=C/C(=O)c2ccc(OC)cc2)N=3)CC1. The molecule has 9 heteroatoms. The molecule has 2 heterocycles. The first-order chi connectivity index (χ1) is 17.5. The molecule has 188 valence electrons. The van der Waals surface area contributed by atoms with E-state index in [0.29, 0.717) is 34.1 Å². The molecular formula is C27H31N5O4.